The van der Waals surface area contributed by atoms with Crippen molar-refractivity contribution in [2.75, 3.05) is 19.5 Å². The molecule has 2 rings (SSSR count). The molecule has 0 aliphatic carbocycles. The Morgan fingerprint density at radius 3 is 2.50 bits per heavy atom. The number of ether oxygens (including phenoxy) is 2. The van der Waals surface area contributed by atoms with Gasteiger partial charge in [-0.05, 0) is 52.2 Å². The van der Waals surface area contributed by atoms with E-state index in [0.29, 0.717) is 0 Å². The highest BCUT2D eigenvalue weighted by atomic mass is 79.9. The standard InChI is InChI=1S/C16H18BrNO2/c1-11-8-12(4-7-16(11)20-3)10-18-15-9-13(19-2)5-6-14(15)17/h4-9,18H,10H2,1-3H3. The molecule has 20 heavy (non-hydrogen) atoms. The Labute approximate surface area is 128 Å². The van der Waals surface area contributed by atoms with Gasteiger partial charge in [-0.15, -0.1) is 0 Å². The lowest BCUT2D eigenvalue weighted by Gasteiger charge is -2.12. The molecule has 0 aliphatic rings. The molecule has 0 aromatic heterocycles. The molecule has 0 unspecified atom stereocenters. The highest BCUT2D eigenvalue weighted by Crippen LogP contribution is 2.28. The number of hydrogen-bond donors (Lipinski definition) is 1. The molecule has 0 bridgehead atoms. The van der Waals surface area contributed by atoms with Gasteiger partial charge in [-0.3, -0.25) is 0 Å². The highest BCUT2D eigenvalue weighted by Gasteiger charge is 2.03. The smallest absolute Gasteiger partial charge is 0.121 e. The molecule has 106 valence electrons. The molecular weight excluding hydrogens is 318 g/mol. The molecule has 2 aromatic rings. The van der Waals surface area contributed by atoms with Crippen LogP contribution in [-0.2, 0) is 6.54 Å². The van der Waals surface area contributed by atoms with Crippen LogP contribution in [0.25, 0.3) is 0 Å². The van der Waals surface area contributed by atoms with Crippen LogP contribution in [0.5, 0.6) is 11.5 Å². The van der Waals surface area contributed by atoms with Gasteiger partial charge in [0.2, 0.25) is 0 Å². The van der Waals surface area contributed by atoms with Crippen LogP contribution < -0.4 is 14.8 Å². The number of nitrogens with one attached hydrogen (secondary N) is 1. The lowest BCUT2D eigenvalue weighted by Crippen LogP contribution is -2.01. The summed E-state index contributed by atoms with van der Waals surface area (Å²) < 4.78 is 11.5. The third-order valence-corrected chi connectivity index (χ3v) is 3.81. The van der Waals surface area contributed by atoms with E-state index >= 15 is 0 Å². The number of anilines is 1. The van der Waals surface area contributed by atoms with Gasteiger partial charge in [0, 0.05) is 17.1 Å². The van der Waals surface area contributed by atoms with Crippen LogP contribution in [0.15, 0.2) is 40.9 Å². The summed E-state index contributed by atoms with van der Waals surface area (Å²) in [5.41, 5.74) is 3.35. The molecule has 0 fully saturated rings. The molecule has 3 nitrogen and oxygen atoms in total. The molecule has 1 N–H and O–H groups in total. The van der Waals surface area contributed by atoms with E-state index in [2.05, 4.69) is 33.4 Å². The zero-order valence-corrected chi connectivity index (χ0v) is 13.5. The van der Waals surface area contributed by atoms with Crippen molar-refractivity contribution in [3.05, 3.63) is 52.0 Å². The fraction of sp³-hybridized carbons (Fsp3) is 0.250. The molecule has 0 saturated heterocycles. The minimum absolute atomic E-state index is 0.747. The first-order chi connectivity index (χ1) is 9.63. The molecule has 0 spiro atoms. The van der Waals surface area contributed by atoms with Crippen molar-refractivity contribution >= 4 is 21.6 Å². The maximum Gasteiger partial charge on any atom is 0.121 e. The van der Waals surface area contributed by atoms with Gasteiger partial charge in [0.25, 0.3) is 0 Å². The van der Waals surface area contributed by atoms with Crippen LogP contribution in [0.3, 0.4) is 0 Å². The van der Waals surface area contributed by atoms with Crippen molar-refractivity contribution in [3.63, 3.8) is 0 Å². The van der Waals surface area contributed by atoms with Crippen LogP contribution in [0.4, 0.5) is 5.69 Å². The molecule has 0 amide bonds. The van der Waals surface area contributed by atoms with Crippen LogP contribution >= 0.6 is 15.9 Å². The van der Waals surface area contributed by atoms with Crippen molar-refractivity contribution in [2.45, 2.75) is 13.5 Å². The van der Waals surface area contributed by atoms with Gasteiger partial charge in [0.05, 0.1) is 19.9 Å². The summed E-state index contributed by atoms with van der Waals surface area (Å²) in [7, 11) is 3.35. The zero-order chi connectivity index (χ0) is 14.5. The third-order valence-electron chi connectivity index (χ3n) is 3.12. The minimum Gasteiger partial charge on any atom is -0.497 e. The number of benzene rings is 2. The largest absolute Gasteiger partial charge is 0.497 e. The molecule has 0 atom stereocenters. The molecule has 0 saturated carbocycles. The second-order valence-electron chi connectivity index (χ2n) is 4.50. The first kappa shape index (κ1) is 14.7. The van der Waals surface area contributed by atoms with Crippen molar-refractivity contribution in [2.24, 2.45) is 0 Å². The summed E-state index contributed by atoms with van der Waals surface area (Å²) in [6.07, 6.45) is 0. The normalized spacial score (nSPS) is 10.2. The minimum atomic E-state index is 0.747. The Hall–Kier alpha value is -1.68. The SMILES string of the molecule is COc1ccc(Br)c(NCc2ccc(OC)c(C)c2)c1. The van der Waals surface area contributed by atoms with E-state index in [-0.39, 0.29) is 0 Å². The van der Waals surface area contributed by atoms with Gasteiger partial charge in [-0.2, -0.15) is 0 Å². The lowest BCUT2D eigenvalue weighted by atomic mass is 10.1. The van der Waals surface area contributed by atoms with E-state index in [1.165, 1.54) is 5.56 Å². The Morgan fingerprint density at radius 1 is 1.05 bits per heavy atom. The summed E-state index contributed by atoms with van der Waals surface area (Å²) in [4.78, 5) is 0. The summed E-state index contributed by atoms with van der Waals surface area (Å²) in [6, 6.07) is 12.0. The number of aryl methyl sites for hydroxylation is 1. The van der Waals surface area contributed by atoms with E-state index in [1.807, 2.05) is 31.2 Å². The second-order valence-corrected chi connectivity index (χ2v) is 5.36. The maximum atomic E-state index is 5.27. The zero-order valence-electron chi connectivity index (χ0n) is 11.9. The average Bonchev–Trinajstić information content (AvgIpc) is 2.46. The van der Waals surface area contributed by atoms with Crippen LogP contribution in [-0.4, -0.2) is 14.2 Å². The summed E-state index contributed by atoms with van der Waals surface area (Å²) >= 11 is 3.53. The maximum absolute atomic E-state index is 5.27. The fourth-order valence-corrected chi connectivity index (χ4v) is 2.40. The van der Waals surface area contributed by atoms with E-state index in [9.17, 15) is 0 Å². The molecule has 0 radical (unpaired) electrons. The topological polar surface area (TPSA) is 30.5 Å². The summed E-state index contributed by atoms with van der Waals surface area (Å²) in [6.45, 7) is 2.79. The third kappa shape index (κ3) is 3.45. The molecular formula is C16H18BrNO2. The average molecular weight is 336 g/mol. The van der Waals surface area contributed by atoms with Gasteiger partial charge in [0.1, 0.15) is 11.5 Å². The molecule has 0 heterocycles. The van der Waals surface area contributed by atoms with Crippen LogP contribution in [0, 0.1) is 6.92 Å². The van der Waals surface area contributed by atoms with Crippen molar-refractivity contribution in [1.29, 1.82) is 0 Å². The predicted octanol–water partition coefficient (Wildman–Crippen LogP) is 4.39. The first-order valence-electron chi connectivity index (χ1n) is 6.35. The van der Waals surface area contributed by atoms with Gasteiger partial charge < -0.3 is 14.8 Å². The Bertz CT molecular complexity index is 599. The van der Waals surface area contributed by atoms with Gasteiger partial charge in [-0.25, -0.2) is 0 Å². The predicted molar refractivity (Wildman–Crippen MR) is 85.8 cm³/mol. The quantitative estimate of drug-likeness (QED) is 0.879. The van der Waals surface area contributed by atoms with Crippen molar-refractivity contribution in [1.82, 2.24) is 0 Å². The fourth-order valence-electron chi connectivity index (χ4n) is 2.01. The molecule has 2 aromatic carbocycles. The van der Waals surface area contributed by atoms with E-state index < -0.39 is 0 Å². The Kier molecular flexibility index (Phi) is 4.90. The molecule has 0 aliphatic heterocycles. The van der Waals surface area contributed by atoms with Crippen molar-refractivity contribution < 1.29 is 9.47 Å². The number of hydrogen-bond acceptors (Lipinski definition) is 3. The Morgan fingerprint density at radius 2 is 1.85 bits per heavy atom. The second kappa shape index (κ2) is 6.66. The summed E-state index contributed by atoms with van der Waals surface area (Å²) in [5, 5.41) is 3.40. The van der Waals surface area contributed by atoms with Crippen LogP contribution in [0.1, 0.15) is 11.1 Å². The summed E-state index contributed by atoms with van der Waals surface area (Å²) in [5.74, 6) is 1.75. The first-order valence-corrected chi connectivity index (χ1v) is 7.14. The van der Waals surface area contributed by atoms with E-state index in [4.69, 9.17) is 9.47 Å². The highest BCUT2D eigenvalue weighted by molar-refractivity contribution is 9.10. The number of halogens is 1. The lowest BCUT2D eigenvalue weighted by molar-refractivity contribution is 0.411. The van der Waals surface area contributed by atoms with Crippen LogP contribution in [0.2, 0.25) is 0 Å². The van der Waals surface area contributed by atoms with Gasteiger partial charge in [-0.1, -0.05) is 12.1 Å². The number of rotatable bonds is 5. The molecule has 4 heteroatoms. The van der Waals surface area contributed by atoms with E-state index in [1.54, 1.807) is 14.2 Å². The van der Waals surface area contributed by atoms with Gasteiger partial charge >= 0.3 is 0 Å². The monoisotopic (exact) mass is 335 g/mol. The Balaban J connectivity index is 2.10. The van der Waals surface area contributed by atoms with Gasteiger partial charge in [0.15, 0.2) is 0 Å². The number of methoxy groups -OCH3 is 2. The van der Waals surface area contributed by atoms with Crippen molar-refractivity contribution in [3.8, 4) is 11.5 Å². The van der Waals surface area contributed by atoms with E-state index in [0.717, 1.165) is 33.8 Å².